The fourth-order valence-electron chi connectivity index (χ4n) is 3.73. The lowest BCUT2D eigenvalue weighted by Gasteiger charge is -2.19. The van der Waals surface area contributed by atoms with Gasteiger partial charge in [-0.15, -0.1) is 0 Å². The van der Waals surface area contributed by atoms with E-state index in [4.69, 9.17) is 16.3 Å². The molecule has 0 spiro atoms. The molecule has 1 aromatic heterocycles. The maximum Gasteiger partial charge on any atom is 0.224 e. The van der Waals surface area contributed by atoms with Gasteiger partial charge in [-0.2, -0.15) is 0 Å². The number of amides is 1. The molecule has 4 aromatic rings. The molecular weight excluding hydrogens is 396 g/mol. The number of aromatic nitrogens is 1. The first kappa shape index (κ1) is 20.0. The minimum atomic E-state index is -0.0605. The summed E-state index contributed by atoms with van der Waals surface area (Å²) >= 11 is 6.53. The van der Waals surface area contributed by atoms with Crippen LogP contribution in [0.4, 0.5) is 0 Å². The standard InChI is InChI=1S/C25H23ClN2O2/c1-30-18-12-10-17(11-13-18)14-25(29)28-16-21(19-6-2-4-8-23(19)26)22-15-27-24-9-5-3-7-20(22)24/h2-13,15,21,27H,14,16H2,1H3,(H,28,29)/t21-/m1/s1. The second kappa shape index (κ2) is 9.06. The van der Waals surface area contributed by atoms with Gasteiger partial charge in [-0.3, -0.25) is 4.79 Å². The lowest BCUT2D eigenvalue weighted by molar-refractivity contribution is -0.120. The first-order valence-corrected chi connectivity index (χ1v) is 10.2. The topological polar surface area (TPSA) is 54.1 Å². The SMILES string of the molecule is COc1ccc(CC(=O)NC[C@H](c2ccccc2Cl)c2c[nH]c3ccccc23)cc1. The second-order valence-electron chi connectivity index (χ2n) is 7.19. The number of methoxy groups -OCH3 is 1. The first-order chi connectivity index (χ1) is 14.7. The summed E-state index contributed by atoms with van der Waals surface area (Å²) in [6, 6.07) is 23.5. The molecule has 0 saturated heterocycles. The number of para-hydroxylation sites is 1. The quantitative estimate of drug-likeness (QED) is 0.426. The van der Waals surface area contributed by atoms with Crippen LogP contribution in [0.25, 0.3) is 10.9 Å². The van der Waals surface area contributed by atoms with Gasteiger partial charge < -0.3 is 15.0 Å². The Labute approximate surface area is 180 Å². The van der Waals surface area contributed by atoms with Crippen molar-refractivity contribution in [2.75, 3.05) is 13.7 Å². The van der Waals surface area contributed by atoms with Crippen LogP contribution >= 0.6 is 11.6 Å². The summed E-state index contributed by atoms with van der Waals surface area (Å²) in [4.78, 5) is 16.0. The van der Waals surface area contributed by atoms with E-state index in [-0.39, 0.29) is 11.8 Å². The van der Waals surface area contributed by atoms with E-state index >= 15 is 0 Å². The minimum Gasteiger partial charge on any atom is -0.497 e. The van der Waals surface area contributed by atoms with Gasteiger partial charge >= 0.3 is 0 Å². The molecule has 152 valence electrons. The van der Waals surface area contributed by atoms with Gasteiger partial charge in [0.05, 0.1) is 13.5 Å². The maximum absolute atomic E-state index is 12.6. The second-order valence-corrected chi connectivity index (χ2v) is 7.60. The van der Waals surface area contributed by atoms with Crippen molar-refractivity contribution in [3.63, 3.8) is 0 Å². The molecule has 0 unspecified atom stereocenters. The largest absolute Gasteiger partial charge is 0.497 e. The highest BCUT2D eigenvalue weighted by atomic mass is 35.5. The van der Waals surface area contributed by atoms with E-state index < -0.39 is 0 Å². The minimum absolute atomic E-state index is 0.0305. The third-order valence-electron chi connectivity index (χ3n) is 5.30. The molecule has 1 atom stereocenters. The van der Waals surface area contributed by atoms with Gasteiger partial charge in [0, 0.05) is 34.6 Å². The molecule has 2 N–H and O–H groups in total. The van der Waals surface area contributed by atoms with Crippen LogP contribution in [0.15, 0.2) is 79.0 Å². The lowest BCUT2D eigenvalue weighted by Crippen LogP contribution is -2.30. The Hall–Kier alpha value is -3.24. The van der Waals surface area contributed by atoms with Crippen LogP contribution in [0.1, 0.15) is 22.6 Å². The number of hydrogen-bond donors (Lipinski definition) is 2. The number of carbonyl (C=O) groups is 1. The molecule has 0 aliphatic heterocycles. The van der Waals surface area contributed by atoms with Crippen LogP contribution < -0.4 is 10.1 Å². The fraction of sp³-hybridized carbons (Fsp3) is 0.160. The van der Waals surface area contributed by atoms with E-state index in [2.05, 4.69) is 16.4 Å². The molecule has 0 saturated carbocycles. The smallest absolute Gasteiger partial charge is 0.224 e. The molecule has 1 amide bonds. The molecule has 0 aliphatic rings. The third kappa shape index (κ3) is 4.34. The number of carbonyl (C=O) groups excluding carboxylic acids is 1. The van der Waals surface area contributed by atoms with Crippen molar-refractivity contribution >= 4 is 28.4 Å². The summed E-state index contributed by atoms with van der Waals surface area (Å²) in [5.74, 6) is 0.684. The normalized spacial score (nSPS) is 11.9. The Morgan fingerprint density at radius 2 is 1.73 bits per heavy atom. The van der Waals surface area contributed by atoms with Gasteiger partial charge in [-0.05, 0) is 41.0 Å². The van der Waals surface area contributed by atoms with E-state index in [1.165, 1.54) is 0 Å². The van der Waals surface area contributed by atoms with Crippen molar-refractivity contribution in [1.29, 1.82) is 0 Å². The van der Waals surface area contributed by atoms with Gasteiger partial charge in [0.15, 0.2) is 0 Å². The van der Waals surface area contributed by atoms with Crippen LogP contribution in [0.3, 0.4) is 0 Å². The van der Waals surface area contributed by atoms with E-state index in [0.29, 0.717) is 18.0 Å². The number of fused-ring (bicyclic) bond motifs is 1. The third-order valence-corrected chi connectivity index (χ3v) is 5.65. The zero-order valence-corrected chi connectivity index (χ0v) is 17.4. The van der Waals surface area contributed by atoms with Crippen LogP contribution in [-0.4, -0.2) is 24.5 Å². The van der Waals surface area contributed by atoms with Crippen LogP contribution in [0.5, 0.6) is 5.75 Å². The zero-order valence-electron chi connectivity index (χ0n) is 16.7. The summed E-state index contributed by atoms with van der Waals surface area (Å²) in [6.45, 7) is 0.459. The summed E-state index contributed by atoms with van der Waals surface area (Å²) in [5.41, 5.74) is 4.11. The molecule has 0 bridgehead atoms. The van der Waals surface area contributed by atoms with Crippen molar-refractivity contribution in [1.82, 2.24) is 10.3 Å². The fourth-order valence-corrected chi connectivity index (χ4v) is 4.00. The van der Waals surface area contributed by atoms with E-state index in [1.807, 2.05) is 72.9 Å². The van der Waals surface area contributed by atoms with Crippen molar-refractivity contribution in [3.05, 3.63) is 101 Å². The Balaban J connectivity index is 1.56. The average Bonchev–Trinajstić information content (AvgIpc) is 3.20. The van der Waals surface area contributed by atoms with Gasteiger partial charge in [0.1, 0.15) is 5.75 Å². The number of aromatic amines is 1. The first-order valence-electron chi connectivity index (χ1n) is 9.86. The molecule has 5 heteroatoms. The summed E-state index contributed by atoms with van der Waals surface area (Å²) in [7, 11) is 1.63. The monoisotopic (exact) mass is 418 g/mol. The van der Waals surface area contributed by atoms with Crippen LogP contribution in [-0.2, 0) is 11.2 Å². The highest BCUT2D eigenvalue weighted by Gasteiger charge is 2.21. The zero-order chi connectivity index (χ0) is 20.9. The van der Waals surface area contributed by atoms with E-state index in [0.717, 1.165) is 33.3 Å². The average molecular weight is 419 g/mol. The van der Waals surface area contributed by atoms with Gasteiger partial charge in [-0.1, -0.05) is 60.1 Å². The van der Waals surface area contributed by atoms with Gasteiger partial charge in [-0.25, -0.2) is 0 Å². The summed E-state index contributed by atoms with van der Waals surface area (Å²) in [5, 5.41) is 4.92. The van der Waals surface area contributed by atoms with Gasteiger partial charge in [0.2, 0.25) is 5.91 Å². The maximum atomic E-state index is 12.6. The molecule has 30 heavy (non-hydrogen) atoms. The molecule has 0 aliphatic carbocycles. The number of ether oxygens (including phenoxy) is 1. The molecule has 0 radical (unpaired) electrons. The molecule has 4 rings (SSSR count). The molecule has 4 nitrogen and oxygen atoms in total. The molecular formula is C25H23ClN2O2. The molecule has 0 fully saturated rings. The summed E-state index contributed by atoms with van der Waals surface area (Å²) < 4.78 is 5.17. The number of H-pyrrole nitrogens is 1. The van der Waals surface area contributed by atoms with Crippen LogP contribution in [0, 0.1) is 0 Å². The Morgan fingerprint density at radius 1 is 1.00 bits per heavy atom. The van der Waals surface area contributed by atoms with Crippen molar-refractivity contribution in [3.8, 4) is 5.75 Å². The Kier molecular flexibility index (Phi) is 6.05. The van der Waals surface area contributed by atoms with E-state index in [9.17, 15) is 4.79 Å². The number of benzene rings is 3. The van der Waals surface area contributed by atoms with Crippen LogP contribution in [0.2, 0.25) is 5.02 Å². The predicted molar refractivity (Wildman–Crippen MR) is 121 cm³/mol. The summed E-state index contributed by atoms with van der Waals surface area (Å²) in [6.07, 6.45) is 2.32. The Bertz CT molecular complexity index is 1150. The van der Waals surface area contributed by atoms with Crippen molar-refractivity contribution in [2.45, 2.75) is 12.3 Å². The molecule has 3 aromatic carbocycles. The Morgan fingerprint density at radius 3 is 2.50 bits per heavy atom. The lowest BCUT2D eigenvalue weighted by atomic mass is 9.90. The van der Waals surface area contributed by atoms with E-state index in [1.54, 1.807) is 7.11 Å². The number of halogens is 1. The van der Waals surface area contributed by atoms with Crippen molar-refractivity contribution < 1.29 is 9.53 Å². The van der Waals surface area contributed by atoms with Gasteiger partial charge in [0.25, 0.3) is 0 Å². The predicted octanol–water partition coefficient (Wildman–Crippen LogP) is 5.32. The van der Waals surface area contributed by atoms with Crippen molar-refractivity contribution in [2.24, 2.45) is 0 Å². The number of hydrogen-bond acceptors (Lipinski definition) is 2. The highest BCUT2D eigenvalue weighted by Crippen LogP contribution is 2.34. The number of nitrogens with one attached hydrogen (secondary N) is 2. The number of rotatable bonds is 7. The highest BCUT2D eigenvalue weighted by molar-refractivity contribution is 6.31. The molecule has 1 heterocycles.